The van der Waals surface area contributed by atoms with Crippen molar-refractivity contribution in [2.24, 2.45) is 0 Å². The van der Waals surface area contributed by atoms with Crippen LogP contribution in [0.25, 0.3) is 0 Å². The van der Waals surface area contributed by atoms with Gasteiger partial charge in [-0.15, -0.1) is 0 Å². The van der Waals surface area contributed by atoms with Crippen molar-refractivity contribution in [2.45, 2.75) is 0 Å². The van der Waals surface area contributed by atoms with Crippen LogP contribution in [0.15, 0.2) is 30.3 Å². The molecule has 0 aliphatic rings. The average Bonchev–Trinajstić information content (AvgIpc) is 2.46. The molecular weight excluding hydrogens is 285 g/mol. The van der Waals surface area contributed by atoms with Gasteiger partial charge in [0.05, 0.1) is 24.0 Å². The zero-order valence-electron chi connectivity index (χ0n) is 10.9. The number of anilines is 3. The number of hydrogen-bond donors (Lipinski definition) is 2. The molecular formula is C14H11F3N2O2. The number of methoxy groups -OCH3 is 1. The van der Waals surface area contributed by atoms with Crippen molar-refractivity contribution >= 4 is 23.0 Å². The number of ether oxygens (including phenoxy) is 1. The summed E-state index contributed by atoms with van der Waals surface area (Å²) in [5.41, 5.74) is 6.44. The fraction of sp³-hybridized carbons (Fsp3) is 0.0714. The molecule has 0 aliphatic heterocycles. The minimum absolute atomic E-state index is 0.0103. The first-order valence-corrected chi connectivity index (χ1v) is 5.81. The van der Waals surface area contributed by atoms with Gasteiger partial charge in [-0.1, -0.05) is 0 Å². The second-order valence-electron chi connectivity index (χ2n) is 4.17. The van der Waals surface area contributed by atoms with Crippen molar-refractivity contribution in [2.75, 3.05) is 18.2 Å². The quantitative estimate of drug-likeness (QED) is 0.518. The lowest BCUT2D eigenvalue weighted by atomic mass is 10.1. The fourth-order valence-corrected chi connectivity index (χ4v) is 1.70. The summed E-state index contributed by atoms with van der Waals surface area (Å²) in [6.45, 7) is 0. The van der Waals surface area contributed by atoms with Crippen molar-refractivity contribution in [3.05, 3.63) is 53.3 Å². The number of carbonyl (C=O) groups excluding carboxylic acids is 1. The Kier molecular flexibility index (Phi) is 4.02. The van der Waals surface area contributed by atoms with E-state index in [1.54, 1.807) is 0 Å². The molecule has 4 nitrogen and oxygen atoms in total. The summed E-state index contributed by atoms with van der Waals surface area (Å²) in [5.74, 6) is -4.74. The van der Waals surface area contributed by atoms with Crippen molar-refractivity contribution < 1.29 is 22.7 Å². The van der Waals surface area contributed by atoms with E-state index < -0.39 is 23.4 Å². The summed E-state index contributed by atoms with van der Waals surface area (Å²) < 4.78 is 43.6. The summed E-state index contributed by atoms with van der Waals surface area (Å²) in [6, 6.07) is 5.82. The molecule has 0 unspecified atom stereocenters. The molecule has 110 valence electrons. The minimum atomic E-state index is -1.55. The number of nitrogens with one attached hydrogen (secondary N) is 1. The molecule has 3 N–H and O–H groups in total. The zero-order chi connectivity index (χ0) is 15.6. The maximum Gasteiger partial charge on any atom is 0.337 e. The van der Waals surface area contributed by atoms with E-state index in [4.69, 9.17) is 5.73 Å². The topological polar surface area (TPSA) is 64.3 Å². The molecule has 0 saturated carbocycles. The van der Waals surface area contributed by atoms with Gasteiger partial charge >= 0.3 is 5.97 Å². The number of carbonyl (C=O) groups is 1. The van der Waals surface area contributed by atoms with Crippen molar-refractivity contribution in [1.82, 2.24) is 0 Å². The number of nitrogens with two attached hydrogens (primary N) is 1. The van der Waals surface area contributed by atoms with Gasteiger partial charge in [0.2, 0.25) is 0 Å². The molecule has 0 heterocycles. The average molecular weight is 296 g/mol. The van der Waals surface area contributed by atoms with Crippen LogP contribution in [0, 0.1) is 17.5 Å². The van der Waals surface area contributed by atoms with Crippen molar-refractivity contribution in [3.63, 3.8) is 0 Å². The number of rotatable bonds is 3. The summed E-state index contributed by atoms with van der Waals surface area (Å²) in [6.07, 6.45) is 0. The molecule has 0 atom stereocenters. The highest BCUT2D eigenvalue weighted by atomic mass is 19.2. The maximum atomic E-state index is 13.1. The van der Waals surface area contributed by atoms with Crippen LogP contribution in [0.2, 0.25) is 0 Å². The van der Waals surface area contributed by atoms with E-state index in [1.807, 2.05) is 0 Å². The number of benzene rings is 2. The molecule has 0 saturated heterocycles. The Labute approximate surface area is 118 Å². The lowest BCUT2D eigenvalue weighted by molar-refractivity contribution is 0.0601. The van der Waals surface area contributed by atoms with E-state index in [9.17, 15) is 18.0 Å². The Balaban J connectivity index is 2.30. The Hall–Kier alpha value is -2.70. The molecule has 0 radical (unpaired) electrons. The highest BCUT2D eigenvalue weighted by molar-refractivity contribution is 5.92. The van der Waals surface area contributed by atoms with Gasteiger partial charge in [-0.3, -0.25) is 0 Å². The van der Waals surface area contributed by atoms with Gasteiger partial charge in [-0.25, -0.2) is 18.0 Å². The molecule has 0 spiro atoms. The lowest BCUT2D eigenvalue weighted by Gasteiger charge is -2.11. The van der Waals surface area contributed by atoms with Gasteiger partial charge in [0.25, 0.3) is 0 Å². The summed E-state index contributed by atoms with van der Waals surface area (Å²) in [7, 11) is 1.23. The second kappa shape index (κ2) is 5.74. The Bertz CT molecular complexity index is 682. The number of nitrogen functional groups attached to an aromatic ring is 1. The van der Waals surface area contributed by atoms with Crippen LogP contribution >= 0.6 is 0 Å². The van der Waals surface area contributed by atoms with E-state index >= 15 is 0 Å². The van der Waals surface area contributed by atoms with Gasteiger partial charge in [-0.05, 0) is 18.2 Å². The smallest absolute Gasteiger partial charge is 0.337 e. The molecule has 0 aromatic heterocycles. The Morgan fingerprint density at radius 2 is 1.76 bits per heavy atom. The first kappa shape index (κ1) is 14.7. The second-order valence-corrected chi connectivity index (χ2v) is 4.17. The van der Waals surface area contributed by atoms with Crippen LogP contribution < -0.4 is 11.1 Å². The number of esters is 1. The number of halogens is 3. The summed E-state index contributed by atoms with van der Waals surface area (Å²) in [5, 5.41) is 2.64. The first-order valence-electron chi connectivity index (χ1n) is 5.81. The maximum absolute atomic E-state index is 13.1. The summed E-state index contributed by atoms with van der Waals surface area (Å²) in [4.78, 5) is 11.3. The molecule has 2 aromatic rings. The van der Waals surface area contributed by atoms with E-state index in [0.717, 1.165) is 12.1 Å². The van der Waals surface area contributed by atoms with E-state index in [-0.39, 0.29) is 16.9 Å². The van der Waals surface area contributed by atoms with Crippen molar-refractivity contribution in [3.8, 4) is 0 Å². The van der Waals surface area contributed by atoms with Crippen LogP contribution in [0.4, 0.5) is 30.2 Å². The first-order chi connectivity index (χ1) is 9.92. The molecule has 7 heteroatoms. The van der Waals surface area contributed by atoms with Gasteiger partial charge in [-0.2, -0.15) is 0 Å². The van der Waals surface area contributed by atoms with E-state index in [0.29, 0.717) is 5.69 Å². The van der Waals surface area contributed by atoms with Crippen LogP contribution in [-0.2, 0) is 4.74 Å². The molecule has 21 heavy (non-hydrogen) atoms. The third-order valence-electron chi connectivity index (χ3n) is 2.74. The Morgan fingerprint density at radius 1 is 1.14 bits per heavy atom. The Morgan fingerprint density at radius 3 is 2.29 bits per heavy atom. The zero-order valence-corrected chi connectivity index (χ0v) is 10.9. The monoisotopic (exact) mass is 296 g/mol. The SMILES string of the molecule is COC(=O)c1ccc(Nc2cc(F)c(F)c(F)c2)c(N)c1. The van der Waals surface area contributed by atoms with Crippen LogP contribution in [-0.4, -0.2) is 13.1 Å². The van der Waals surface area contributed by atoms with Gasteiger partial charge < -0.3 is 15.8 Å². The predicted octanol–water partition coefficient (Wildman–Crippen LogP) is 3.22. The summed E-state index contributed by atoms with van der Waals surface area (Å²) >= 11 is 0. The van der Waals surface area contributed by atoms with Gasteiger partial charge in [0.1, 0.15) is 0 Å². The van der Waals surface area contributed by atoms with Crippen molar-refractivity contribution in [1.29, 1.82) is 0 Å². The van der Waals surface area contributed by atoms with Gasteiger partial charge in [0, 0.05) is 17.8 Å². The van der Waals surface area contributed by atoms with Crippen LogP contribution in [0.5, 0.6) is 0 Å². The van der Waals surface area contributed by atoms with E-state index in [1.165, 1.54) is 25.3 Å². The molecule has 0 bridgehead atoms. The third-order valence-corrected chi connectivity index (χ3v) is 2.74. The number of hydrogen-bond acceptors (Lipinski definition) is 4. The normalized spacial score (nSPS) is 10.3. The lowest BCUT2D eigenvalue weighted by Crippen LogP contribution is -2.04. The standard InChI is InChI=1S/C14H11F3N2O2/c1-21-14(20)7-2-3-12(11(18)4-7)19-8-5-9(15)13(17)10(16)6-8/h2-6,19H,18H2,1H3. The highest BCUT2D eigenvalue weighted by Crippen LogP contribution is 2.26. The van der Waals surface area contributed by atoms with Crippen LogP contribution in [0.3, 0.4) is 0 Å². The largest absolute Gasteiger partial charge is 0.465 e. The minimum Gasteiger partial charge on any atom is -0.465 e. The molecule has 0 amide bonds. The van der Waals surface area contributed by atoms with Crippen LogP contribution in [0.1, 0.15) is 10.4 Å². The molecule has 2 rings (SSSR count). The molecule has 0 fully saturated rings. The molecule has 0 aliphatic carbocycles. The van der Waals surface area contributed by atoms with E-state index in [2.05, 4.69) is 10.1 Å². The van der Waals surface area contributed by atoms with Gasteiger partial charge in [0.15, 0.2) is 17.5 Å². The third kappa shape index (κ3) is 3.07. The highest BCUT2D eigenvalue weighted by Gasteiger charge is 2.12. The molecule has 2 aromatic carbocycles. The predicted molar refractivity (Wildman–Crippen MR) is 71.8 cm³/mol. The fourth-order valence-electron chi connectivity index (χ4n) is 1.70.